The van der Waals surface area contributed by atoms with Crippen LogP contribution in [0.25, 0.3) is 0 Å². The van der Waals surface area contributed by atoms with Gasteiger partial charge in [-0.25, -0.2) is 4.79 Å². The second-order valence-corrected chi connectivity index (χ2v) is 6.29. The van der Waals surface area contributed by atoms with Crippen LogP contribution in [0.5, 0.6) is 5.75 Å². The van der Waals surface area contributed by atoms with Gasteiger partial charge in [0.1, 0.15) is 12.4 Å². The van der Waals surface area contributed by atoms with Gasteiger partial charge in [0, 0.05) is 4.47 Å². The number of carbonyl (C=O) groups is 1. The average molecular weight is 377 g/mol. The first-order valence-electron chi connectivity index (χ1n) is 7.47. The van der Waals surface area contributed by atoms with E-state index in [0.717, 1.165) is 32.6 Å². The van der Waals surface area contributed by atoms with Gasteiger partial charge in [0.25, 0.3) is 0 Å². The fraction of sp³-hybridized carbons (Fsp3) is 0.278. The van der Waals surface area contributed by atoms with Crippen molar-refractivity contribution in [3.05, 3.63) is 57.6 Å². The van der Waals surface area contributed by atoms with Crippen molar-refractivity contribution in [3.63, 3.8) is 0 Å². The van der Waals surface area contributed by atoms with Crippen molar-refractivity contribution in [2.75, 3.05) is 18.5 Å². The molecule has 0 aliphatic carbocycles. The number of urea groups is 1. The van der Waals surface area contributed by atoms with E-state index in [2.05, 4.69) is 26.6 Å². The molecular weight excluding hydrogens is 356 g/mol. The van der Waals surface area contributed by atoms with Crippen LogP contribution < -0.4 is 15.4 Å². The summed E-state index contributed by atoms with van der Waals surface area (Å²) in [5, 5.41) is 5.59. The van der Waals surface area contributed by atoms with E-state index in [1.165, 1.54) is 0 Å². The Morgan fingerprint density at radius 1 is 1.13 bits per heavy atom. The van der Waals surface area contributed by atoms with Crippen LogP contribution in [-0.4, -0.2) is 19.2 Å². The van der Waals surface area contributed by atoms with Crippen LogP contribution in [0.15, 0.2) is 40.9 Å². The molecule has 0 spiro atoms. The van der Waals surface area contributed by atoms with Crippen LogP contribution in [0.4, 0.5) is 10.5 Å². The Balaban J connectivity index is 1.79. The van der Waals surface area contributed by atoms with Crippen LogP contribution in [0, 0.1) is 20.8 Å². The summed E-state index contributed by atoms with van der Waals surface area (Å²) >= 11 is 3.44. The van der Waals surface area contributed by atoms with Gasteiger partial charge in [-0.15, -0.1) is 0 Å². The predicted molar refractivity (Wildman–Crippen MR) is 97.3 cm³/mol. The molecule has 2 rings (SSSR count). The van der Waals surface area contributed by atoms with Crippen molar-refractivity contribution in [2.24, 2.45) is 0 Å². The molecule has 0 saturated heterocycles. The summed E-state index contributed by atoms with van der Waals surface area (Å²) in [5.74, 6) is 0.885. The number of halogens is 1. The molecule has 0 saturated carbocycles. The molecule has 0 unspecified atom stereocenters. The summed E-state index contributed by atoms with van der Waals surface area (Å²) in [6, 6.07) is 11.5. The third kappa shape index (κ3) is 4.99. The van der Waals surface area contributed by atoms with Crippen LogP contribution in [0.1, 0.15) is 16.7 Å². The maximum atomic E-state index is 11.9. The van der Waals surface area contributed by atoms with Gasteiger partial charge in [-0.1, -0.05) is 24.3 Å². The lowest BCUT2D eigenvalue weighted by Gasteiger charge is -2.13. The van der Waals surface area contributed by atoms with E-state index in [1.807, 2.05) is 57.2 Å². The SMILES string of the molecule is Cc1ccc(NC(=O)NCCOc2c(C)cccc2C)c(Br)c1. The third-order valence-electron chi connectivity index (χ3n) is 3.42. The number of nitrogens with one attached hydrogen (secondary N) is 2. The van der Waals surface area contributed by atoms with Gasteiger partial charge in [0.05, 0.1) is 12.2 Å². The van der Waals surface area contributed by atoms with E-state index < -0.39 is 0 Å². The minimum atomic E-state index is -0.250. The number of benzene rings is 2. The number of para-hydroxylation sites is 1. The third-order valence-corrected chi connectivity index (χ3v) is 4.07. The molecule has 0 radical (unpaired) electrons. The van der Waals surface area contributed by atoms with Crippen molar-refractivity contribution in [3.8, 4) is 5.75 Å². The van der Waals surface area contributed by atoms with E-state index in [4.69, 9.17) is 4.74 Å². The van der Waals surface area contributed by atoms with Crippen molar-refractivity contribution in [2.45, 2.75) is 20.8 Å². The van der Waals surface area contributed by atoms with Crippen molar-refractivity contribution in [1.29, 1.82) is 0 Å². The number of hydrogen-bond donors (Lipinski definition) is 2. The maximum absolute atomic E-state index is 11.9. The first-order valence-corrected chi connectivity index (χ1v) is 8.26. The summed E-state index contributed by atoms with van der Waals surface area (Å²) < 4.78 is 6.62. The topological polar surface area (TPSA) is 50.4 Å². The summed E-state index contributed by atoms with van der Waals surface area (Å²) in [4.78, 5) is 11.9. The number of hydrogen-bond acceptors (Lipinski definition) is 2. The zero-order valence-corrected chi connectivity index (χ0v) is 15.2. The van der Waals surface area contributed by atoms with Gasteiger partial charge in [0.15, 0.2) is 0 Å². The average Bonchev–Trinajstić information content (AvgIpc) is 2.49. The number of ether oxygens (including phenoxy) is 1. The first-order chi connectivity index (χ1) is 11.0. The van der Waals surface area contributed by atoms with Crippen LogP contribution in [0.2, 0.25) is 0 Å². The Bertz CT molecular complexity index is 681. The minimum absolute atomic E-state index is 0.250. The summed E-state index contributed by atoms with van der Waals surface area (Å²) in [5.41, 5.74) is 4.06. The largest absolute Gasteiger partial charge is 0.491 e. The zero-order chi connectivity index (χ0) is 16.8. The lowest BCUT2D eigenvalue weighted by molar-refractivity contribution is 0.247. The molecule has 0 heterocycles. The smallest absolute Gasteiger partial charge is 0.319 e. The van der Waals surface area contributed by atoms with Crippen LogP contribution >= 0.6 is 15.9 Å². The van der Waals surface area contributed by atoms with Crippen molar-refractivity contribution >= 4 is 27.6 Å². The Kier molecular flexibility index (Phi) is 6.04. The fourth-order valence-electron chi connectivity index (χ4n) is 2.23. The molecule has 5 heteroatoms. The number of carbonyl (C=O) groups excluding carboxylic acids is 1. The molecule has 2 N–H and O–H groups in total. The second-order valence-electron chi connectivity index (χ2n) is 5.43. The highest BCUT2D eigenvalue weighted by atomic mass is 79.9. The Hall–Kier alpha value is -2.01. The molecule has 0 bridgehead atoms. The standard InChI is InChI=1S/C18H21BrN2O2/c1-12-7-8-16(15(19)11-12)21-18(22)20-9-10-23-17-13(2)5-4-6-14(17)3/h4-8,11H,9-10H2,1-3H3,(H2,20,21,22). The zero-order valence-electron chi connectivity index (χ0n) is 13.6. The summed E-state index contributed by atoms with van der Waals surface area (Å²) in [7, 11) is 0. The van der Waals surface area contributed by atoms with Crippen LogP contribution in [0.3, 0.4) is 0 Å². The second kappa shape index (κ2) is 8.02. The number of amides is 2. The molecule has 4 nitrogen and oxygen atoms in total. The lowest BCUT2D eigenvalue weighted by atomic mass is 10.1. The monoisotopic (exact) mass is 376 g/mol. The number of aryl methyl sites for hydroxylation is 3. The van der Waals surface area contributed by atoms with Gasteiger partial charge in [-0.05, 0) is 65.5 Å². The van der Waals surface area contributed by atoms with E-state index >= 15 is 0 Å². The first kappa shape index (κ1) is 17.3. The Morgan fingerprint density at radius 3 is 2.48 bits per heavy atom. The quantitative estimate of drug-likeness (QED) is 0.750. The molecule has 2 aromatic carbocycles. The van der Waals surface area contributed by atoms with Crippen molar-refractivity contribution < 1.29 is 9.53 Å². The van der Waals surface area contributed by atoms with Gasteiger partial charge < -0.3 is 15.4 Å². The van der Waals surface area contributed by atoms with Gasteiger partial charge >= 0.3 is 6.03 Å². The molecule has 0 atom stereocenters. The number of rotatable bonds is 5. The highest BCUT2D eigenvalue weighted by Crippen LogP contribution is 2.23. The number of anilines is 1. The van der Waals surface area contributed by atoms with Gasteiger partial charge in [0.2, 0.25) is 0 Å². The molecule has 23 heavy (non-hydrogen) atoms. The van der Waals surface area contributed by atoms with E-state index in [9.17, 15) is 4.79 Å². The fourth-order valence-corrected chi connectivity index (χ4v) is 2.82. The lowest BCUT2D eigenvalue weighted by Crippen LogP contribution is -2.32. The molecule has 2 amide bonds. The predicted octanol–water partition coefficient (Wildman–Crippen LogP) is 4.57. The van der Waals surface area contributed by atoms with E-state index in [1.54, 1.807) is 0 Å². The van der Waals surface area contributed by atoms with Gasteiger partial charge in [-0.3, -0.25) is 0 Å². The molecule has 0 fully saturated rings. The Morgan fingerprint density at radius 2 is 1.83 bits per heavy atom. The van der Waals surface area contributed by atoms with Crippen LogP contribution in [-0.2, 0) is 0 Å². The molecule has 0 aromatic heterocycles. The van der Waals surface area contributed by atoms with E-state index in [-0.39, 0.29) is 6.03 Å². The normalized spacial score (nSPS) is 10.3. The highest BCUT2D eigenvalue weighted by Gasteiger charge is 2.06. The highest BCUT2D eigenvalue weighted by molar-refractivity contribution is 9.10. The van der Waals surface area contributed by atoms with Crippen molar-refractivity contribution in [1.82, 2.24) is 5.32 Å². The molecule has 0 aliphatic rings. The molecule has 122 valence electrons. The summed E-state index contributed by atoms with van der Waals surface area (Å²) in [6.07, 6.45) is 0. The molecular formula is C18H21BrN2O2. The van der Waals surface area contributed by atoms with E-state index in [0.29, 0.717) is 13.2 Å². The maximum Gasteiger partial charge on any atom is 0.319 e. The Labute approximate surface area is 145 Å². The molecule has 2 aromatic rings. The molecule has 0 aliphatic heterocycles. The minimum Gasteiger partial charge on any atom is -0.491 e. The van der Waals surface area contributed by atoms with Gasteiger partial charge in [-0.2, -0.15) is 0 Å². The summed E-state index contributed by atoms with van der Waals surface area (Å²) in [6.45, 7) is 6.88.